The third-order valence-corrected chi connectivity index (χ3v) is 7.42. The Kier molecular flexibility index (Phi) is 10.3. The summed E-state index contributed by atoms with van der Waals surface area (Å²) in [6.07, 6.45) is 3.30. The zero-order valence-corrected chi connectivity index (χ0v) is 22.6. The minimum atomic E-state index is -3.74. The summed E-state index contributed by atoms with van der Waals surface area (Å²) in [5.41, 5.74) is 4.31. The minimum Gasteiger partial charge on any atom is -0.354 e. The van der Waals surface area contributed by atoms with Crippen LogP contribution in [0.4, 0.5) is 5.69 Å². The van der Waals surface area contributed by atoms with Crippen LogP contribution < -0.4 is 9.62 Å². The number of unbranched alkanes of at least 4 members (excludes halogenated alkanes) is 1. The van der Waals surface area contributed by atoms with E-state index in [4.69, 9.17) is 0 Å². The van der Waals surface area contributed by atoms with Crippen LogP contribution in [0.15, 0.2) is 42.5 Å². The Balaban J connectivity index is 2.43. The predicted octanol–water partition coefficient (Wildman–Crippen LogP) is 4.10. The Bertz CT molecular complexity index is 1130. The van der Waals surface area contributed by atoms with Crippen LogP contribution in [0.1, 0.15) is 55.4 Å². The molecule has 0 spiro atoms. The van der Waals surface area contributed by atoms with E-state index >= 15 is 0 Å². The summed E-state index contributed by atoms with van der Waals surface area (Å²) in [5, 5.41) is 2.93. The SMILES string of the molecule is CCCCNC(=O)C(CC)N(Cc1ccccc1C)C(=O)CN(c1ccc(C)c(C)c1)S(C)(=O)=O. The zero-order valence-electron chi connectivity index (χ0n) is 21.8. The normalized spacial score (nSPS) is 12.2. The van der Waals surface area contributed by atoms with Gasteiger partial charge in [-0.25, -0.2) is 8.42 Å². The second-order valence-corrected chi connectivity index (χ2v) is 11.0. The summed E-state index contributed by atoms with van der Waals surface area (Å²) in [6, 6.07) is 12.3. The van der Waals surface area contributed by atoms with E-state index in [-0.39, 0.29) is 19.0 Å². The number of nitrogens with one attached hydrogen (secondary N) is 1. The van der Waals surface area contributed by atoms with Crippen molar-refractivity contribution in [3.05, 3.63) is 64.7 Å². The third kappa shape index (κ3) is 7.82. The van der Waals surface area contributed by atoms with E-state index < -0.39 is 22.0 Å². The standard InChI is InChI=1S/C27H39N3O4S/c1-7-9-16-28-27(32)25(8-2)29(18-23-13-11-10-12-21(23)4)26(31)19-30(35(6,33)34)24-15-14-20(3)22(5)17-24/h10-15,17,25H,7-9,16,18-19H2,1-6H3,(H,28,32). The zero-order chi connectivity index (χ0) is 26.2. The summed E-state index contributed by atoms with van der Waals surface area (Å²) < 4.78 is 26.6. The van der Waals surface area contributed by atoms with E-state index in [0.29, 0.717) is 18.7 Å². The fourth-order valence-corrected chi connectivity index (χ4v) is 4.73. The van der Waals surface area contributed by atoms with Crippen LogP contribution in [-0.2, 0) is 26.2 Å². The van der Waals surface area contributed by atoms with E-state index in [0.717, 1.165) is 45.7 Å². The molecule has 2 aromatic rings. The van der Waals surface area contributed by atoms with Gasteiger partial charge in [-0.15, -0.1) is 0 Å². The van der Waals surface area contributed by atoms with Gasteiger partial charge in [0.05, 0.1) is 11.9 Å². The first kappa shape index (κ1) is 28.4. The van der Waals surface area contributed by atoms with Crippen molar-refractivity contribution < 1.29 is 18.0 Å². The molecule has 0 aromatic heterocycles. The van der Waals surface area contributed by atoms with E-state index in [1.807, 2.05) is 65.0 Å². The van der Waals surface area contributed by atoms with Gasteiger partial charge in [-0.2, -0.15) is 0 Å². The van der Waals surface area contributed by atoms with Gasteiger partial charge in [0, 0.05) is 13.1 Å². The molecule has 0 heterocycles. The molecule has 2 rings (SSSR count). The molecule has 1 unspecified atom stereocenters. The number of carbonyl (C=O) groups excluding carboxylic acids is 2. The average Bonchev–Trinajstić information content (AvgIpc) is 2.79. The van der Waals surface area contributed by atoms with Crippen molar-refractivity contribution in [2.45, 2.75) is 66.5 Å². The summed E-state index contributed by atoms with van der Waals surface area (Å²) in [7, 11) is -3.74. The number of aryl methyl sites for hydroxylation is 3. The Morgan fingerprint density at radius 1 is 0.971 bits per heavy atom. The Labute approximate surface area is 210 Å². The molecule has 1 atom stereocenters. The first-order chi connectivity index (χ1) is 16.5. The Morgan fingerprint density at radius 2 is 1.66 bits per heavy atom. The number of amides is 2. The van der Waals surface area contributed by atoms with E-state index in [1.165, 1.54) is 4.90 Å². The Hall–Kier alpha value is -2.87. The van der Waals surface area contributed by atoms with Gasteiger partial charge < -0.3 is 10.2 Å². The van der Waals surface area contributed by atoms with Crippen LogP contribution in [0.25, 0.3) is 0 Å². The molecule has 192 valence electrons. The average molecular weight is 502 g/mol. The number of nitrogens with zero attached hydrogens (tertiary/aromatic N) is 2. The highest BCUT2D eigenvalue weighted by Gasteiger charge is 2.31. The maximum absolute atomic E-state index is 13.7. The molecule has 1 N–H and O–H groups in total. The molecule has 0 aliphatic heterocycles. The topological polar surface area (TPSA) is 86.8 Å². The van der Waals surface area contributed by atoms with Crippen LogP contribution >= 0.6 is 0 Å². The van der Waals surface area contributed by atoms with E-state index in [2.05, 4.69) is 5.32 Å². The minimum absolute atomic E-state index is 0.218. The monoisotopic (exact) mass is 501 g/mol. The second-order valence-electron chi connectivity index (χ2n) is 9.05. The smallest absolute Gasteiger partial charge is 0.244 e. The molecule has 0 bridgehead atoms. The van der Waals surface area contributed by atoms with Crippen molar-refractivity contribution in [1.29, 1.82) is 0 Å². The maximum atomic E-state index is 13.7. The molecular formula is C27H39N3O4S. The van der Waals surface area contributed by atoms with Crippen molar-refractivity contribution >= 4 is 27.5 Å². The second kappa shape index (κ2) is 12.7. The van der Waals surface area contributed by atoms with Crippen LogP contribution in [0, 0.1) is 20.8 Å². The van der Waals surface area contributed by atoms with Crippen LogP contribution in [0.5, 0.6) is 0 Å². The summed E-state index contributed by atoms with van der Waals surface area (Å²) >= 11 is 0. The first-order valence-electron chi connectivity index (χ1n) is 12.2. The van der Waals surface area contributed by atoms with Crippen LogP contribution in [0.2, 0.25) is 0 Å². The molecule has 8 heteroatoms. The largest absolute Gasteiger partial charge is 0.354 e. The molecule has 0 aliphatic carbocycles. The van der Waals surface area contributed by atoms with E-state index in [1.54, 1.807) is 12.1 Å². The first-order valence-corrected chi connectivity index (χ1v) is 14.0. The molecular weight excluding hydrogens is 462 g/mol. The summed E-state index contributed by atoms with van der Waals surface area (Å²) in [5.74, 6) is -0.644. The van der Waals surface area contributed by atoms with Crippen LogP contribution in [0.3, 0.4) is 0 Å². The van der Waals surface area contributed by atoms with Crippen molar-refractivity contribution in [3.8, 4) is 0 Å². The van der Waals surface area contributed by atoms with Crippen molar-refractivity contribution in [3.63, 3.8) is 0 Å². The van der Waals surface area contributed by atoms with Gasteiger partial charge in [0.25, 0.3) is 0 Å². The highest BCUT2D eigenvalue weighted by atomic mass is 32.2. The summed E-state index contributed by atoms with van der Waals surface area (Å²) in [6.45, 7) is 10.1. The van der Waals surface area contributed by atoms with Gasteiger partial charge in [-0.3, -0.25) is 13.9 Å². The van der Waals surface area contributed by atoms with Gasteiger partial charge in [-0.05, 0) is 68.0 Å². The van der Waals surface area contributed by atoms with Crippen LogP contribution in [-0.4, -0.2) is 50.5 Å². The van der Waals surface area contributed by atoms with Crippen molar-refractivity contribution in [2.24, 2.45) is 0 Å². The van der Waals surface area contributed by atoms with Gasteiger partial charge in [0.1, 0.15) is 12.6 Å². The molecule has 0 saturated carbocycles. The van der Waals surface area contributed by atoms with Gasteiger partial charge in [-0.1, -0.05) is 50.6 Å². The predicted molar refractivity (Wildman–Crippen MR) is 142 cm³/mol. The van der Waals surface area contributed by atoms with E-state index in [9.17, 15) is 18.0 Å². The number of sulfonamides is 1. The quantitative estimate of drug-likeness (QED) is 0.444. The maximum Gasteiger partial charge on any atom is 0.244 e. The molecule has 7 nitrogen and oxygen atoms in total. The fourth-order valence-electron chi connectivity index (χ4n) is 3.89. The number of anilines is 1. The summed E-state index contributed by atoms with van der Waals surface area (Å²) in [4.78, 5) is 28.3. The molecule has 2 amide bonds. The molecule has 0 aliphatic rings. The molecule has 35 heavy (non-hydrogen) atoms. The number of hydrogen-bond donors (Lipinski definition) is 1. The highest BCUT2D eigenvalue weighted by molar-refractivity contribution is 7.92. The highest BCUT2D eigenvalue weighted by Crippen LogP contribution is 2.23. The number of rotatable bonds is 12. The number of hydrogen-bond acceptors (Lipinski definition) is 4. The third-order valence-electron chi connectivity index (χ3n) is 6.28. The van der Waals surface area contributed by atoms with Gasteiger partial charge >= 0.3 is 0 Å². The van der Waals surface area contributed by atoms with Crippen molar-refractivity contribution in [2.75, 3.05) is 23.7 Å². The molecule has 0 radical (unpaired) electrons. The molecule has 0 fully saturated rings. The lowest BCUT2D eigenvalue weighted by Crippen LogP contribution is -2.52. The van der Waals surface area contributed by atoms with Crippen molar-refractivity contribution in [1.82, 2.24) is 10.2 Å². The Morgan fingerprint density at radius 3 is 2.23 bits per heavy atom. The lowest BCUT2D eigenvalue weighted by atomic mass is 10.1. The lowest BCUT2D eigenvalue weighted by molar-refractivity contribution is -0.140. The fraction of sp³-hybridized carbons (Fsp3) is 0.481. The number of carbonyl (C=O) groups is 2. The van der Waals surface area contributed by atoms with Gasteiger partial charge in [0.15, 0.2) is 0 Å². The lowest BCUT2D eigenvalue weighted by Gasteiger charge is -2.33. The van der Waals surface area contributed by atoms with Gasteiger partial charge in [0.2, 0.25) is 21.8 Å². The molecule has 0 saturated heterocycles. The molecule has 2 aromatic carbocycles. The number of benzene rings is 2.